The van der Waals surface area contributed by atoms with E-state index in [4.69, 9.17) is 4.74 Å². The summed E-state index contributed by atoms with van der Waals surface area (Å²) in [7, 11) is 1.23. The lowest BCUT2D eigenvalue weighted by molar-refractivity contribution is 0.0594. The molecule has 1 fully saturated rings. The molecule has 20 heavy (non-hydrogen) atoms. The number of hydrogen-bond donors (Lipinski definition) is 1. The fourth-order valence-electron chi connectivity index (χ4n) is 2.00. The molecule has 0 aliphatic carbocycles. The van der Waals surface area contributed by atoms with Gasteiger partial charge in [0.05, 0.1) is 20.3 Å². The molecule has 9 nitrogen and oxygen atoms in total. The van der Waals surface area contributed by atoms with Crippen molar-refractivity contribution in [2.24, 2.45) is 0 Å². The number of carbonyl (C=O) groups is 1. The number of nitrogens with zero attached hydrogens (tertiary/aromatic N) is 4. The van der Waals surface area contributed by atoms with Crippen LogP contribution in [0, 0.1) is 0 Å². The highest BCUT2D eigenvalue weighted by molar-refractivity contribution is 5.87. The predicted molar refractivity (Wildman–Crippen MR) is 68.0 cm³/mol. The minimum atomic E-state index is -0.666. The van der Waals surface area contributed by atoms with E-state index in [1.165, 1.54) is 11.6 Å². The van der Waals surface area contributed by atoms with Crippen LogP contribution in [0.4, 0.5) is 5.95 Å². The van der Waals surface area contributed by atoms with Crippen LogP contribution in [-0.4, -0.2) is 59.0 Å². The van der Waals surface area contributed by atoms with Crippen molar-refractivity contribution >= 4 is 17.7 Å². The molecular formula is C11H13N5O4. The lowest BCUT2D eigenvalue weighted by atomic mass is 10.4. The Morgan fingerprint density at radius 2 is 2.15 bits per heavy atom. The maximum absolute atomic E-state index is 11.9. The standard InChI is InChI=1S/C11H13N5O4/c1-19-9(18)7-6-8(17)16-10(12-7)13-11(14-16)15-2-4-20-5-3-15/h6H,2-5H2,1H3,(H,12,13,14). The molecule has 106 valence electrons. The molecule has 0 unspecified atom stereocenters. The average Bonchev–Trinajstić information content (AvgIpc) is 2.92. The molecule has 9 heteroatoms. The second-order valence-electron chi connectivity index (χ2n) is 4.25. The van der Waals surface area contributed by atoms with Gasteiger partial charge < -0.3 is 14.4 Å². The number of ether oxygens (including phenoxy) is 2. The Labute approximate surface area is 113 Å². The van der Waals surface area contributed by atoms with Gasteiger partial charge in [-0.1, -0.05) is 0 Å². The molecule has 1 aliphatic heterocycles. The van der Waals surface area contributed by atoms with Crippen LogP contribution in [0.25, 0.3) is 5.78 Å². The van der Waals surface area contributed by atoms with E-state index < -0.39 is 11.5 Å². The van der Waals surface area contributed by atoms with Gasteiger partial charge in [0.25, 0.3) is 11.3 Å². The van der Waals surface area contributed by atoms with E-state index in [-0.39, 0.29) is 11.5 Å². The van der Waals surface area contributed by atoms with Crippen molar-refractivity contribution in [3.8, 4) is 0 Å². The summed E-state index contributed by atoms with van der Waals surface area (Å²) in [6.07, 6.45) is 0. The van der Waals surface area contributed by atoms with E-state index in [1.807, 2.05) is 4.90 Å². The topological polar surface area (TPSA) is 102 Å². The van der Waals surface area contributed by atoms with Gasteiger partial charge in [0, 0.05) is 19.2 Å². The van der Waals surface area contributed by atoms with Crippen LogP contribution in [0.3, 0.4) is 0 Å². The number of carbonyl (C=O) groups excluding carboxylic acids is 1. The molecule has 2 aromatic rings. The Morgan fingerprint density at radius 3 is 2.85 bits per heavy atom. The number of rotatable bonds is 2. The Morgan fingerprint density at radius 1 is 1.40 bits per heavy atom. The first-order valence-corrected chi connectivity index (χ1v) is 6.10. The second-order valence-corrected chi connectivity index (χ2v) is 4.25. The Bertz CT molecular complexity index is 700. The van der Waals surface area contributed by atoms with Crippen molar-refractivity contribution in [3.05, 3.63) is 22.1 Å². The summed E-state index contributed by atoms with van der Waals surface area (Å²) in [5, 5.41) is 2.87. The fourth-order valence-corrected chi connectivity index (χ4v) is 2.00. The van der Waals surface area contributed by atoms with E-state index in [0.717, 1.165) is 6.07 Å². The number of hydrogen-bond acceptors (Lipinski definition) is 7. The lowest BCUT2D eigenvalue weighted by Gasteiger charge is -2.25. The summed E-state index contributed by atoms with van der Waals surface area (Å²) >= 11 is 0. The third kappa shape index (κ3) is 2.11. The number of fused-ring (bicyclic) bond motifs is 1. The van der Waals surface area contributed by atoms with Crippen LogP contribution in [0.5, 0.6) is 0 Å². The Balaban J connectivity index is 2.04. The maximum atomic E-state index is 11.9. The van der Waals surface area contributed by atoms with Crippen LogP contribution < -0.4 is 10.5 Å². The average molecular weight is 279 g/mol. The molecule has 3 heterocycles. The summed E-state index contributed by atoms with van der Waals surface area (Å²) in [5.41, 5.74) is -0.472. The van der Waals surface area contributed by atoms with E-state index in [1.54, 1.807) is 0 Å². The molecule has 0 amide bonds. The zero-order valence-electron chi connectivity index (χ0n) is 10.8. The monoisotopic (exact) mass is 279 g/mol. The first-order valence-electron chi connectivity index (χ1n) is 6.10. The van der Waals surface area contributed by atoms with Crippen molar-refractivity contribution in [3.63, 3.8) is 0 Å². The van der Waals surface area contributed by atoms with Gasteiger partial charge in [0.15, 0.2) is 5.69 Å². The van der Waals surface area contributed by atoms with Gasteiger partial charge in [-0.05, 0) is 0 Å². The van der Waals surface area contributed by atoms with Gasteiger partial charge in [-0.2, -0.15) is 9.50 Å². The van der Waals surface area contributed by atoms with E-state index in [0.29, 0.717) is 32.3 Å². The van der Waals surface area contributed by atoms with Gasteiger partial charge in [-0.25, -0.2) is 9.78 Å². The molecule has 1 saturated heterocycles. The zero-order chi connectivity index (χ0) is 14.1. The van der Waals surface area contributed by atoms with Gasteiger partial charge in [-0.15, -0.1) is 0 Å². The van der Waals surface area contributed by atoms with E-state index >= 15 is 0 Å². The molecule has 3 rings (SSSR count). The first kappa shape index (κ1) is 12.6. The summed E-state index contributed by atoms with van der Waals surface area (Å²) < 4.78 is 11.0. The van der Waals surface area contributed by atoms with Gasteiger partial charge >= 0.3 is 5.97 Å². The normalized spacial score (nSPS) is 15.6. The molecule has 1 N–H and O–H groups in total. The molecule has 0 saturated carbocycles. The lowest BCUT2D eigenvalue weighted by Crippen LogP contribution is -2.37. The number of aromatic nitrogens is 4. The van der Waals surface area contributed by atoms with Gasteiger partial charge in [0.1, 0.15) is 0 Å². The number of esters is 1. The highest BCUT2D eigenvalue weighted by Gasteiger charge is 2.18. The molecule has 0 aromatic carbocycles. The quantitative estimate of drug-likeness (QED) is 0.706. The fraction of sp³-hybridized carbons (Fsp3) is 0.455. The number of aromatic amines is 1. The number of nitrogens with one attached hydrogen (secondary N) is 1. The predicted octanol–water partition coefficient (Wildman–Crippen LogP) is -0.959. The minimum absolute atomic E-state index is 0.0578. The third-order valence-corrected chi connectivity index (χ3v) is 3.02. The van der Waals surface area contributed by atoms with E-state index in [9.17, 15) is 9.59 Å². The van der Waals surface area contributed by atoms with Crippen molar-refractivity contribution in [1.29, 1.82) is 0 Å². The molecule has 0 spiro atoms. The van der Waals surface area contributed by atoms with Crippen LogP contribution in [0.15, 0.2) is 10.9 Å². The van der Waals surface area contributed by atoms with Crippen molar-refractivity contribution in [2.45, 2.75) is 0 Å². The van der Waals surface area contributed by atoms with Crippen molar-refractivity contribution < 1.29 is 14.3 Å². The molecular weight excluding hydrogens is 266 g/mol. The highest BCUT2D eigenvalue weighted by Crippen LogP contribution is 2.10. The zero-order valence-corrected chi connectivity index (χ0v) is 10.8. The SMILES string of the molecule is COC(=O)c1cc(=O)n2[nH]c(N3CCOCC3)nc2n1. The molecule has 0 atom stereocenters. The summed E-state index contributed by atoms with van der Waals surface area (Å²) in [5.74, 6) is -0.000157. The molecule has 0 bridgehead atoms. The smallest absolute Gasteiger partial charge is 0.357 e. The summed E-state index contributed by atoms with van der Waals surface area (Å²) in [4.78, 5) is 33.5. The molecule has 2 aromatic heterocycles. The number of anilines is 1. The van der Waals surface area contributed by atoms with Gasteiger partial charge in [0.2, 0.25) is 5.95 Å². The number of morpholine rings is 1. The number of methoxy groups -OCH3 is 1. The molecule has 0 radical (unpaired) electrons. The Hall–Kier alpha value is -2.42. The molecule has 1 aliphatic rings. The van der Waals surface area contributed by atoms with Crippen LogP contribution >= 0.6 is 0 Å². The number of H-pyrrole nitrogens is 1. The highest BCUT2D eigenvalue weighted by atomic mass is 16.5. The third-order valence-electron chi connectivity index (χ3n) is 3.02. The van der Waals surface area contributed by atoms with Crippen LogP contribution in [0.2, 0.25) is 0 Å². The summed E-state index contributed by atoms with van der Waals surface area (Å²) in [6, 6.07) is 1.11. The first-order chi connectivity index (χ1) is 9.69. The maximum Gasteiger partial charge on any atom is 0.357 e. The van der Waals surface area contributed by atoms with Crippen LogP contribution in [-0.2, 0) is 9.47 Å². The van der Waals surface area contributed by atoms with Crippen LogP contribution in [0.1, 0.15) is 10.5 Å². The minimum Gasteiger partial charge on any atom is -0.464 e. The van der Waals surface area contributed by atoms with Crippen molar-refractivity contribution in [1.82, 2.24) is 19.6 Å². The second kappa shape index (κ2) is 4.93. The largest absolute Gasteiger partial charge is 0.464 e. The van der Waals surface area contributed by atoms with E-state index in [2.05, 4.69) is 19.8 Å². The van der Waals surface area contributed by atoms with Gasteiger partial charge in [-0.3, -0.25) is 9.89 Å². The Kier molecular flexibility index (Phi) is 3.11. The summed E-state index contributed by atoms with van der Waals surface area (Å²) in [6.45, 7) is 2.57. The van der Waals surface area contributed by atoms with Crippen molar-refractivity contribution in [2.75, 3.05) is 38.3 Å².